The molecular weight excluding hydrogens is 258 g/mol. The highest BCUT2D eigenvalue weighted by atomic mass is 15.1. The van der Waals surface area contributed by atoms with Gasteiger partial charge in [0.1, 0.15) is 0 Å². The standard InChI is InChI=1S/C18H27N3/c1-14-16-9-4-5-10-17(16)21(3)18(14)13-20(2)12-15-8-6-7-11-19-15/h4-5,9-10,15,19H,6-8,11-13H2,1-3H3. The first kappa shape index (κ1) is 14.6. The van der Waals surface area contributed by atoms with E-state index in [2.05, 4.69) is 60.1 Å². The Hall–Kier alpha value is -1.32. The SMILES string of the molecule is Cc1c(CN(C)CC2CCCCN2)n(C)c2ccccc12. The van der Waals surface area contributed by atoms with Gasteiger partial charge in [0.05, 0.1) is 0 Å². The molecule has 0 saturated carbocycles. The summed E-state index contributed by atoms with van der Waals surface area (Å²) in [6, 6.07) is 9.38. The molecular formula is C18H27N3. The Kier molecular flexibility index (Phi) is 4.32. The lowest BCUT2D eigenvalue weighted by atomic mass is 10.0. The van der Waals surface area contributed by atoms with Crippen LogP contribution in [-0.2, 0) is 13.6 Å². The zero-order valence-electron chi connectivity index (χ0n) is 13.5. The van der Waals surface area contributed by atoms with Crippen LogP contribution in [0.1, 0.15) is 30.5 Å². The first-order chi connectivity index (χ1) is 10.2. The quantitative estimate of drug-likeness (QED) is 0.931. The fraction of sp³-hybridized carbons (Fsp3) is 0.556. The molecule has 0 bridgehead atoms. The zero-order valence-corrected chi connectivity index (χ0v) is 13.5. The van der Waals surface area contributed by atoms with Crippen molar-refractivity contribution in [1.82, 2.24) is 14.8 Å². The Morgan fingerprint density at radius 3 is 2.81 bits per heavy atom. The van der Waals surface area contributed by atoms with E-state index in [1.54, 1.807) is 0 Å². The topological polar surface area (TPSA) is 20.2 Å². The summed E-state index contributed by atoms with van der Waals surface area (Å²) in [7, 11) is 4.44. The average molecular weight is 285 g/mol. The average Bonchev–Trinajstić information content (AvgIpc) is 2.74. The maximum absolute atomic E-state index is 3.64. The molecule has 1 unspecified atom stereocenters. The van der Waals surface area contributed by atoms with Gasteiger partial charge in [0.15, 0.2) is 0 Å². The number of aromatic nitrogens is 1. The molecule has 1 N–H and O–H groups in total. The lowest BCUT2D eigenvalue weighted by molar-refractivity contribution is 0.252. The number of aryl methyl sites for hydroxylation is 2. The number of para-hydroxylation sites is 1. The summed E-state index contributed by atoms with van der Waals surface area (Å²) in [6.45, 7) is 5.60. The van der Waals surface area contributed by atoms with Gasteiger partial charge in [-0.2, -0.15) is 0 Å². The molecule has 3 heteroatoms. The van der Waals surface area contributed by atoms with Crippen LogP contribution >= 0.6 is 0 Å². The molecule has 3 rings (SSSR count). The van der Waals surface area contributed by atoms with E-state index >= 15 is 0 Å². The van der Waals surface area contributed by atoms with Crippen molar-refractivity contribution in [1.29, 1.82) is 0 Å². The van der Waals surface area contributed by atoms with Crippen LogP contribution in [0.25, 0.3) is 10.9 Å². The minimum absolute atomic E-state index is 0.666. The molecule has 0 radical (unpaired) electrons. The van der Waals surface area contributed by atoms with E-state index < -0.39 is 0 Å². The van der Waals surface area contributed by atoms with Crippen LogP contribution in [0.3, 0.4) is 0 Å². The second-order valence-electron chi connectivity index (χ2n) is 6.49. The van der Waals surface area contributed by atoms with Crippen LogP contribution in [0.4, 0.5) is 0 Å². The lowest BCUT2D eigenvalue weighted by Crippen LogP contribution is -2.42. The molecule has 3 nitrogen and oxygen atoms in total. The van der Waals surface area contributed by atoms with Gasteiger partial charge < -0.3 is 9.88 Å². The maximum atomic E-state index is 3.64. The molecule has 1 fully saturated rings. The largest absolute Gasteiger partial charge is 0.346 e. The zero-order chi connectivity index (χ0) is 14.8. The number of fused-ring (bicyclic) bond motifs is 1. The lowest BCUT2D eigenvalue weighted by Gasteiger charge is -2.28. The normalized spacial score (nSPS) is 19.5. The van der Waals surface area contributed by atoms with Gasteiger partial charge >= 0.3 is 0 Å². The highest BCUT2D eigenvalue weighted by Crippen LogP contribution is 2.25. The van der Waals surface area contributed by atoms with Crippen molar-refractivity contribution in [2.45, 2.75) is 38.8 Å². The number of hydrogen-bond donors (Lipinski definition) is 1. The highest BCUT2D eigenvalue weighted by Gasteiger charge is 2.17. The van der Waals surface area contributed by atoms with Crippen LogP contribution in [0.15, 0.2) is 24.3 Å². The van der Waals surface area contributed by atoms with Crippen molar-refractivity contribution < 1.29 is 0 Å². The monoisotopic (exact) mass is 285 g/mol. The van der Waals surface area contributed by atoms with Crippen molar-refractivity contribution in [3.05, 3.63) is 35.5 Å². The van der Waals surface area contributed by atoms with Gasteiger partial charge in [-0.3, -0.25) is 4.90 Å². The van der Waals surface area contributed by atoms with E-state index in [0.29, 0.717) is 6.04 Å². The Labute approximate surface area is 127 Å². The van der Waals surface area contributed by atoms with Crippen molar-refractivity contribution >= 4 is 10.9 Å². The molecule has 21 heavy (non-hydrogen) atoms. The third kappa shape index (κ3) is 2.99. The molecule has 1 atom stereocenters. The highest BCUT2D eigenvalue weighted by molar-refractivity contribution is 5.85. The van der Waals surface area contributed by atoms with E-state index in [-0.39, 0.29) is 0 Å². The molecule has 1 aromatic heterocycles. The molecule has 0 spiro atoms. The Bertz CT molecular complexity index is 569. The fourth-order valence-corrected chi connectivity index (χ4v) is 3.64. The number of piperidine rings is 1. The Morgan fingerprint density at radius 2 is 2.10 bits per heavy atom. The van der Waals surface area contributed by atoms with Crippen molar-refractivity contribution in [2.24, 2.45) is 7.05 Å². The smallest absolute Gasteiger partial charge is 0.0483 e. The van der Waals surface area contributed by atoms with Gasteiger partial charge in [0.2, 0.25) is 0 Å². The summed E-state index contributed by atoms with van der Waals surface area (Å²) < 4.78 is 2.36. The van der Waals surface area contributed by atoms with Gasteiger partial charge in [0.25, 0.3) is 0 Å². The number of likely N-dealkylation sites (N-methyl/N-ethyl adjacent to an activating group) is 1. The maximum Gasteiger partial charge on any atom is 0.0483 e. The van der Waals surface area contributed by atoms with E-state index in [4.69, 9.17) is 0 Å². The Balaban J connectivity index is 1.75. The number of rotatable bonds is 4. The van der Waals surface area contributed by atoms with Crippen LogP contribution < -0.4 is 5.32 Å². The number of nitrogens with zero attached hydrogens (tertiary/aromatic N) is 2. The van der Waals surface area contributed by atoms with Gasteiger partial charge in [0, 0.05) is 42.8 Å². The van der Waals surface area contributed by atoms with Gasteiger partial charge in [-0.15, -0.1) is 0 Å². The first-order valence-corrected chi connectivity index (χ1v) is 8.11. The van der Waals surface area contributed by atoms with Crippen LogP contribution in [0.5, 0.6) is 0 Å². The molecule has 114 valence electrons. The van der Waals surface area contributed by atoms with Crippen LogP contribution in [0.2, 0.25) is 0 Å². The second-order valence-corrected chi connectivity index (χ2v) is 6.49. The first-order valence-electron chi connectivity index (χ1n) is 8.11. The Morgan fingerprint density at radius 1 is 1.29 bits per heavy atom. The molecule has 0 amide bonds. The second kappa shape index (κ2) is 6.20. The van der Waals surface area contributed by atoms with Crippen molar-refractivity contribution in [2.75, 3.05) is 20.1 Å². The molecule has 1 saturated heterocycles. The molecule has 0 aliphatic carbocycles. The van der Waals surface area contributed by atoms with Crippen molar-refractivity contribution in [3.8, 4) is 0 Å². The minimum Gasteiger partial charge on any atom is -0.346 e. The van der Waals surface area contributed by atoms with E-state index in [1.165, 1.54) is 48.0 Å². The third-order valence-corrected chi connectivity index (χ3v) is 4.87. The summed E-state index contributed by atoms with van der Waals surface area (Å²) in [6.07, 6.45) is 4.03. The third-order valence-electron chi connectivity index (χ3n) is 4.87. The summed E-state index contributed by atoms with van der Waals surface area (Å²) in [5, 5.41) is 5.03. The summed E-state index contributed by atoms with van der Waals surface area (Å²) >= 11 is 0. The predicted molar refractivity (Wildman–Crippen MR) is 89.6 cm³/mol. The van der Waals surface area contributed by atoms with Crippen LogP contribution in [0, 0.1) is 6.92 Å². The van der Waals surface area contributed by atoms with Crippen LogP contribution in [-0.4, -0.2) is 35.6 Å². The van der Waals surface area contributed by atoms with Gasteiger partial charge in [-0.1, -0.05) is 24.6 Å². The number of benzene rings is 1. The minimum atomic E-state index is 0.666. The van der Waals surface area contributed by atoms with E-state index in [1.807, 2.05) is 0 Å². The fourth-order valence-electron chi connectivity index (χ4n) is 3.64. The number of nitrogens with one attached hydrogen (secondary N) is 1. The molecule has 2 heterocycles. The summed E-state index contributed by atoms with van der Waals surface area (Å²) in [5.41, 5.74) is 4.21. The summed E-state index contributed by atoms with van der Waals surface area (Å²) in [4.78, 5) is 2.46. The van der Waals surface area contributed by atoms with Gasteiger partial charge in [-0.25, -0.2) is 0 Å². The molecule has 2 aromatic rings. The number of hydrogen-bond acceptors (Lipinski definition) is 2. The molecule has 1 aromatic carbocycles. The van der Waals surface area contributed by atoms with Gasteiger partial charge in [-0.05, 0) is 45.0 Å². The molecule has 1 aliphatic rings. The molecule has 1 aliphatic heterocycles. The van der Waals surface area contributed by atoms with E-state index in [0.717, 1.165) is 13.1 Å². The van der Waals surface area contributed by atoms with E-state index in [9.17, 15) is 0 Å². The predicted octanol–water partition coefficient (Wildman–Crippen LogP) is 3.06. The van der Waals surface area contributed by atoms with Crippen molar-refractivity contribution in [3.63, 3.8) is 0 Å². The summed E-state index contributed by atoms with van der Waals surface area (Å²) in [5.74, 6) is 0.